The van der Waals surface area contributed by atoms with Crippen LogP contribution in [-0.4, -0.2) is 62.9 Å². The fourth-order valence-corrected chi connectivity index (χ4v) is 1.49. The molecule has 4 nitrogen and oxygen atoms in total. The van der Waals surface area contributed by atoms with Crippen LogP contribution in [0, 0.1) is 0 Å². The second kappa shape index (κ2) is 8.10. The fraction of sp³-hybridized carbons (Fsp3) is 1.00. The standard InChI is InChI=1S/C14H33N3O/c1-13(2,3)15-9-11-18-12-14(4,5)16-8-10-17(6)7/h15-16H,8-12H2,1-7H3. The average Bonchev–Trinajstić information content (AvgIpc) is 2.13. The molecule has 0 saturated carbocycles. The number of hydrogen-bond donors (Lipinski definition) is 2. The Morgan fingerprint density at radius 1 is 0.944 bits per heavy atom. The van der Waals surface area contributed by atoms with Crippen molar-refractivity contribution in [2.75, 3.05) is 46.9 Å². The van der Waals surface area contributed by atoms with Crippen molar-refractivity contribution in [1.29, 1.82) is 0 Å². The largest absolute Gasteiger partial charge is 0.378 e. The van der Waals surface area contributed by atoms with Crippen molar-refractivity contribution in [3.63, 3.8) is 0 Å². The number of ether oxygens (including phenoxy) is 1. The van der Waals surface area contributed by atoms with Crippen LogP contribution in [0.5, 0.6) is 0 Å². The normalized spacial score (nSPS) is 13.3. The first-order valence-electron chi connectivity index (χ1n) is 6.85. The highest BCUT2D eigenvalue weighted by molar-refractivity contribution is 4.77. The van der Waals surface area contributed by atoms with Gasteiger partial charge in [-0.1, -0.05) is 0 Å². The van der Waals surface area contributed by atoms with Crippen molar-refractivity contribution in [1.82, 2.24) is 15.5 Å². The van der Waals surface area contributed by atoms with Gasteiger partial charge in [0.25, 0.3) is 0 Å². The molecule has 0 aliphatic carbocycles. The SMILES string of the molecule is CN(C)CCNC(C)(C)COCCNC(C)(C)C. The van der Waals surface area contributed by atoms with E-state index in [4.69, 9.17) is 4.74 Å². The number of nitrogens with one attached hydrogen (secondary N) is 2. The Morgan fingerprint density at radius 2 is 1.56 bits per heavy atom. The Kier molecular flexibility index (Phi) is 8.03. The zero-order valence-electron chi connectivity index (χ0n) is 13.4. The number of hydrogen-bond acceptors (Lipinski definition) is 4. The van der Waals surface area contributed by atoms with E-state index in [2.05, 4.69) is 64.2 Å². The van der Waals surface area contributed by atoms with E-state index in [1.165, 1.54) is 0 Å². The number of nitrogens with zero attached hydrogens (tertiary/aromatic N) is 1. The van der Waals surface area contributed by atoms with Crippen LogP contribution < -0.4 is 10.6 Å². The zero-order chi connectivity index (χ0) is 14.2. The Labute approximate surface area is 113 Å². The van der Waals surface area contributed by atoms with Gasteiger partial charge in [0.2, 0.25) is 0 Å². The van der Waals surface area contributed by atoms with E-state index >= 15 is 0 Å². The van der Waals surface area contributed by atoms with Gasteiger partial charge in [0.05, 0.1) is 13.2 Å². The predicted octanol–water partition coefficient (Wildman–Crippen LogP) is 1.32. The summed E-state index contributed by atoms with van der Waals surface area (Å²) in [5, 5.41) is 6.92. The molecule has 0 saturated heterocycles. The highest BCUT2D eigenvalue weighted by Gasteiger charge is 2.17. The molecule has 0 radical (unpaired) electrons. The maximum Gasteiger partial charge on any atom is 0.0643 e. The summed E-state index contributed by atoms with van der Waals surface area (Å²) in [4.78, 5) is 2.18. The minimum Gasteiger partial charge on any atom is -0.378 e. The first-order chi connectivity index (χ1) is 8.12. The maximum atomic E-state index is 5.71. The summed E-state index contributed by atoms with van der Waals surface area (Å²) in [7, 11) is 4.17. The minimum atomic E-state index is 0.0394. The minimum absolute atomic E-state index is 0.0394. The molecular formula is C14H33N3O. The summed E-state index contributed by atoms with van der Waals surface area (Å²) in [6.07, 6.45) is 0. The Morgan fingerprint density at radius 3 is 2.06 bits per heavy atom. The molecule has 0 aromatic carbocycles. The molecule has 0 aliphatic rings. The van der Waals surface area contributed by atoms with E-state index in [0.717, 1.165) is 32.8 Å². The molecule has 0 spiro atoms. The molecule has 0 atom stereocenters. The summed E-state index contributed by atoms with van der Waals surface area (Å²) in [6.45, 7) is 15.3. The van der Waals surface area contributed by atoms with Crippen LogP contribution in [0.1, 0.15) is 34.6 Å². The molecule has 0 fully saturated rings. The third kappa shape index (κ3) is 12.3. The molecule has 0 amide bonds. The quantitative estimate of drug-likeness (QED) is 0.612. The molecule has 2 N–H and O–H groups in total. The molecule has 4 heteroatoms. The molecule has 0 bridgehead atoms. The van der Waals surface area contributed by atoms with E-state index in [1.54, 1.807) is 0 Å². The van der Waals surface area contributed by atoms with Gasteiger partial charge in [-0.15, -0.1) is 0 Å². The van der Waals surface area contributed by atoms with Gasteiger partial charge in [-0.05, 0) is 48.7 Å². The number of rotatable bonds is 9. The Balaban J connectivity index is 3.58. The monoisotopic (exact) mass is 259 g/mol. The van der Waals surface area contributed by atoms with E-state index in [-0.39, 0.29) is 11.1 Å². The second-order valence-corrected chi connectivity index (χ2v) is 6.84. The van der Waals surface area contributed by atoms with Gasteiger partial charge < -0.3 is 20.3 Å². The van der Waals surface area contributed by atoms with Crippen molar-refractivity contribution in [2.45, 2.75) is 45.7 Å². The lowest BCUT2D eigenvalue weighted by atomic mass is 10.1. The van der Waals surface area contributed by atoms with Crippen LogP contribution in [0.15, 0.2) is 0 Å². The second-order valence-electron chi connectivity index (χ2n) is 6.84. The zero-order valence-corrected chi connectivity index (χ0v) is 13.4. The summed E-state index contributed by atoms with van der Waals surface area (Å²) >= 11 is 0. The van der Waals surface area contributed by atoms with E-state index < -0.39 is 0 Å². The van der Waals surface area contributed by atoms with Crippen LogP contribution in [-0.2, 0) is 4.74 Å². The molecule has 0 aliphatic heterocycles. The topological polar surface area (TPSA) is 36.5 Å². The first-order valence-corrected chi connectivity index (χ1v) is 6.85. The van der Waals surface area contributed by atoms with E-state index in [0.29, 0.717) is 0 Å². The summed E-state index contributed by atoms with van der Waals surface area (Å²) in [6, 6.07) is 0. The third-order valence-corrected chi connectivity index (χ3v) is 2.53. The van der Waals surface area contributed by atoms with Crippen molar-refractivity contribution in [2.24, 2.45) is 0 Å². The van der Waals surface area contributed by atoms with Gasteiger partial charge in [-0.3, -0.25) is 0 Å². The van der Waals surface area contributed by atoms with Crippen LogP contribution in [0.4, 0.5) is 0 Å². The lowest BCUT2D eigenvalue weighted by molar-refractivity contribution is 0.0806. The first kappa shape index (κ1) is 17.8. The smallest absolute Gasteiger partial charge is 0.0643 e. The van der Waals surface area contributed by atoms with E-state index in [9.17, 15) is 0 Å². The summed E-state index contributed by atoms with van der Waals surface area (Å²) in [5.41, 5.74) is 0.209. The molecule has 110 valence electrons. The van der Waals surface area contributed by atoms with Crippen molar-refractivity contribution < 1.29 is 4.74 Å². The molecule has 0 heterocycles. The van der Waals surface area contributed by atoms with Crippen molar-refractivity contribution >= 4 is 0 Å². The van der Waals surface area contributed by atoms with Gasteiger partial charge in [0, 0.05) is 30.7 Å². The number of likely N-dealkylation sites (N-methyl/N-ethyl adjacent to an activating group) is 1. The van der Waals surface area contributed by atoms with Gasteiger partial charge in [0.15, 0.2) is 0 Å². The van der Waals surface area contributed by atoms with E-state index in [1.807, 2.05) is 0 Å². The summed E-state index contributed by atoms with van der Waals surface area (Å²) < 4.78 is 5.71. The lowest BCUT2D eigenvalue weighted by Crippen LogP contribution is -2.46. The van der Waals surface area contributed by atoms with Gasteiger partial charge in [-0.2, -0.15) is 0 Å². The molecule has 18 heavy (non-hydrogen) atoms. The lowest BCUT2D eigenvalue weighted by Gasteiger charge is -2.27. The maximum absolute atomic E-state index is 5.71. The van der Waals surface area contributed by atoms with Crippen LogP contribution in [0.25, 0.3) is 0 Å². The third-order valence-electron chi connectivity index (χ3n) is 2.53. The van der Waals surface area contributed by atoms with Gasteiger partial charge in [-0.25, -0.2) is 0 Å². The van der Waals surface area contributed by atoms with Crippen LogP contribution >= 0.6 is 0 Å². The summed E-state index contributed by atoms with van der Waals surface area (Å²) in [5.74, 6) is 0. The Hall–Kier alpha value is -0.160. The van der Waals surface area contributed by atoms with Gasteiger partial charge in [0.1, 0.15) is 0 Å². The highest BCUT2D eigenvalue weighted by Crippen LogP contribution is 2.02. The van der Waals surface area contributed by atoms with Crippen LogP contribution in [0.2, 0.25) is 0 Å². The Bertz CT molecular complexity index is 210. The van der Waals surface area contributed by atoms with Gasteiger partial charge >= 0.3 is 0 Å². The molecule has 0 aromatic heterocycles. The fourth-order valence-electron chi connectivity index (χ4n) is 1.49. The molecule has 0 aromatic rings. The van der Waals surface area contributed by atoms with Crippen molar-refractivity contribution in [3.05, 3.63) is 0 Å². The average molecular weight is 259 g/mol. The van der Waals surface area contributed by atoms with Crippen LogP contribution in [0.3, 0.4) is 0 Å². The molecular weight excluding hydrogens is 226 g/mol. The van der Waals surface area contributed by atoms with Crippen molar-refractivity contribution in [3.8, 4) is 0 Å². The highest BCUT2D eigenvalue weighted by atomic mass is 16.5. The predicted molar refractivity (Wildman–Crippen MR) is 79.2 cm³/mol. The molecule has 0 unspecified atom stereocenters. The molecule has 0 rings (SSSR count).